The molecule has 0 unspecified atom stereocenters. The highest BCUT2D eigenvalue weighted by atomic mass is 16.5. The summed E-state index contributed by atoms with van der Waals surface area (Å²) >= 11 is 0. The molecular weight excluding hydrogens is 268 g/mol. The van der Waals surface area contributed by atoms with E-state index in [4.69, 9.17) is 15.7 Å². The van der Waals surface area contributed by atoms with Crippen LogP contribution in [-0.2, 0) is 6.54 Å². The summed E-state index contributed by atoms with van der Waals surface area (Å²) in [5.41, 5.74) is 7.25. The first-order chi connectivity index (χ1) is 10.2. The zero-order valence-electron chi connectivity index (χ0n) is 11.7. The van der Waals surface area contributed by atoms with E-state index < -0.39 is 0 Å². The van der Waals surface area contributed by atoms with Crippen molar-refractivity contribution >= 4 is 11.9 Å². The first kappa shape index (κ1) is 14.5. The largest absolute Gasteiger partial charge is 0.463 e. The molecule has 0 aliphatic rings. The molecule has 2 rings (SSSR count). The van der Waals surface area contributed by atoms with Crippen LogP contribution < -0.4 is 15.8 Å². The molecule has 0 fully saturated rings. The fourth-order valence-electron chi connectivity index (χ4n) is 1.59. The molecule has 1 heterocycles. The van der Waals surface area contributed by atoms with E-state index in [2.05, 4.69) is 26.3 Å². The second-order valence-electron chi connectivity index (χ2n) is 4.31. The molecule has 2 aromatic rings. The molecule has 0 saturated carbocycles. The molecule has 108 valence electrons. The molecule has 1 aromatic heterocycles. The van der Waals surface area contributed by atoms with Gasteiger partial charge in [-0.15, -0.1) is 0 Å². The van der Waals surface area contributed by atoms with Gasteiger partial charge in [-0.25, -0.2) is 0 Å². The van der Waals surface area contributed by atoms with Crippen LogP contribution in [0.25, 0.3) is 0 Å². The Hall–Kier alpha value is -2.88. The van der Waals surface area contributed by atoms with E-state index in [-0.39, 0.29) is 12.0 Å². The minimum absolute atomic E-state index is 0.110. The summed E-state index contributed by atoms with van der Waals surface area (Å²) < 4.78 is 5.34. The van der Waals surface area contributed by atoms with Gasteiger partial charge in [0.15, 0.2) is 0 Å². The van der Waals surface area contributed by atoms with Crippen molar-refractivity contribution in [2.75, 3.05) is 17.7 Å². The van der Waals surface area contributed by atoms with Crippen molar-refractivity contribution < 1.29 is 4.74 Å². The standard InChI is InChI=1S/C14H16N6O/c1-2-7-21-14-19-12(16)18-13(20-14)17-9-11-5-3-10(8-15)4-6-11/h3-6H,2,7,9H2,1H3,(H3,16,17,18,19,20). The quantitative estimate of drug-likeness (QED) is 0.831. The molecular formula is C14H16N6O. The Kier molecular flexibility index (Phi) is 4.88. The molecule has 7 nitrogen and oxygen atoms in total. The summed E-state index contributed by atoms with van der Waals surface area (Å²) in [5.74, 6) is 0.469. The Bertz CT molecular complexity index is 635. The number of nitriles is 1. The molecule has 0 aliphatic heterocycles. The van der Waals surface area contributed by atoms with Crippen LogP contribution in [0.4, 0.5) is 11.9 Å². The maximum atomic E-state index is 8.75. The van der Waals surface area contributed by atoms with E-state index in [1.165, 1.54) is 0 Å². The van der Waals surface area contributed by atoms with E-state index >= 15 is 0 Å². The average Bonchev–Trinajstić information content (AvgIpc) is 2.51. The summed E-state index contributed by atoms with van der Waals surface area (Å²) in [7, 11) is 0. The van der Waals surface area contributed by atoms with E-state index in [1.807, 2.05) is 19.1 Å². The van der Waals surface area contributed by atoms with Crippen LogP contribution in [0, 0.1) is 11.3 Å². The molecule has 0 atom stereocenters. The Balaban J connectivity index is 2.01. The van der Waals surface area contributed by atoms with Gasteiger partial charge in [-0.05, 0) is 24.1 Å². The Labute approximate surface area is 122 Å². The van der Waals surface area contributed by atoms with E-state index in [9.17, 15) is 0 Å². The van der Waals surface area contributed by atoms with E-state index in [0.717, 1.165) is 12.0 Å². The van der Waals surface area contributed by atoms with Crippen molar-refractivity contribution in [3.8, 4) is 12.1 Å². The highest BCUT2D eigenvalue weighted by molar-refractivity contribution is 5.36. The van der Waals surface area contributed by atoms with Gasteiger partial charge in [-0.3, -0.25) is 0 Å². The summed E-state index contributed by atoms with van der Waals surface area (Å²) in [6.07, 6.45) is 0.861. The van der Waals surface area contributed by atoms with Crippen molar-refractivity contribution in [2.24, 2.45) is 0 Å². The fraction of sp³-hybridized carbons (Fsp3) is 0.286. The lowest BCUT2D eigenvalue weighted by Crippen LogP contribution is -2.09. The predicted octanol–water partition coefficient (Wildman–Crippen LogP) is 1.73. The number of nitrogens with two attached hydrogens (primary N) is 1. The van der Waals surface area contributed by atoms with Crippen LogP contribution in [-0.4, -0.2) is 21.6 Å². The molecule has 1 aromatic carbocycles. The van der Waals surface area contributed by atoms with E-state index in [0.29, 0.717) is 24.7 Å². The number of hydrogen-bond acceptors (Lipinski definition) is 7. The Morgan fingerprint density at radius 2 is 2.00 bits per heavy atom. The number of nitrogens with one attached hydrogen (secondary N) is 1. The number of anilines is 2. The zero-order valence-corrected chi connectivity index (χ0v) is 11.7. The fourth-order valence-corrected chi connectivity index (χ4v) is 1.59. The topological polar surface area (TPSA) is 110 Å². The molecule has 3 N–H and O–H groups in total. The molecule has 0 spiro atoms. The van der Waals surface area contributed by atoms with Crippen molar-refractivity contribution in [1.82, 2.24) is 15.0 Å². The van der Waals surface area contributed by atoms with Crippen molar-refractivity contribution in [3.05, 3.63) is 35.4 Å². The maximum absolute atomic E-state index is 8.75. The number of ether oxygens (including phenoxy) is 1. The summed E-state index contributed by atoms with van der Waals surface area (Å²) in [4.78, 5) is 12.0. The summed E-state index contributed by atoms with van der Waals surface area (Å²) in [5, 5.41) is 11.8. The van der Waals surface area contributed by atoms with Crippen LogP contribution in [0.2, 0.25) is 0 Å². The zero-order chi connectivity index (χ0) is 15.1. The van der Waals surface area contributed by atoms with Gasteiger partial charge in [0.2, 0.25) is 11.9 Å². The molecule has 0 saturated heterocycles. The smallest absolute Gasteiger partial charge is 0.323 e. The monoisotopic (exact) mass is 284 g/mol. The number of aromatic nitrogens is 3. The predicted molar refractivity (Wildman–Crippen MR) is 78.5 cm³/mol. The molecule has 0 bridgehead atoms. The van der Waals surface area contributed by atoms with Gasteiger partial charge >= 0.3 is 6.01 Å². The summed E-state index contributed by atoms with van der Waals surface area (Å²) in [6.45, 7) is 3.04. The second kappa shape index (κ2) is 7.05. The van der Waals surface area contributed by atoms with Crippen molar-refractivity contribution in [3.63, 3.8) is 0 Å². The first-order valence-corrected chi connectivity index (χ1v) is 6.58. The maximum Gasteiger partial charge on any atom is 0.323 e. The van der Waals surface area contributed by atoms with Crippen LogP contribution in [0.1, 0.15) is 24.5 Å². The summed E-state index contributed by atoms with van der Waals surface area (Å²) in [6, 6.07) is 9.54. The second-order valence-corrected chi connectivity index (χ2v) is 4.31. The third-order valence-electron chi connectivity index (χ3n) is 2.60. The lowest BCUT2D eigenvalue weighted by Gasteiger charge is -2.08. The number of hydrogen-bond donors (Lipinski definition) is 2. The first-order valence-electron chi connectivity index (χ1n) is 6.58. The van der Waals surface area contributed by atoms with Gasteiger partial charge in [-0.2, -0.15) is 20.2 Å². The SMILES string of the molecule is CCCOc1nc(N)nc(NCc2ccc(C#N)cc2)n1. The highest BCUT2D eigenvalue weighted by Crippen LogP contribution is 2.11. The lowest BCUT2D eigenvalue weighted by molar-refractivity contribution is 0.292. The van der Waals surface area contributed by atoms with Gasteiger partial charge in [-0.1, -0.05) is 19.1 Å². The Morgan fingerprint density at radius 3 is 2.67 bits per heavy atom. The highest BCUT2D eigenvalue weighted by Gasteiger charge is 2.05. The number of benzene rings is 1. The molecule has 0 amide bonds. The minimum atomic E-state index is 0.110. The van der Waals surface area contributed by atoms with Gasteiger partial charge in [0.1, 0.15) is 0 Å². The molecule has 0 aliphatic carbocycles. The van der Waals surface area contributed by atoms with Crippen LogP contribution in [0.15, 0.2) is 24.3 Å². The van der Waals surface area contributed by atoms with Gasteiger partial charge in [0.05, 0.1) is 18.2 Å². The van der Waals surface area contributed by atoms with Crippen LogP contribution >= 0.6 is 0 Å². The van der Waals surface area contributed by atoms with Crippen LogP contribution in [0.5, 0.6) is 6.01 Å². The number of nitrogens with zero attached hydrogens (tertiary/aromatic N) is 4. The average molecular weight is 284 g/mol. The van der Waals surface area contributed by atoms with Gasteiger partial charge in [0, 0.05) is 6.54 Å². The number of rotatable bonds is 6. The van der Waals surface area contributed by atoms with Gasteiger partial charge < -0.3 is 15.8 Å². The number of nitrogen functional groups attached to an aromatic ring is 1. The molecule has 21 heavy (non-hydrogen) atoms. The minimum Gasteiger partial charge on any atom is -0.463 e. The van der Waals surface area contributed by atoms with Crippen LogP contribution in [0.3, 0.4) is 0 Å². The Morgan fingerprint density at radius 1 is 1.24 bits per heavy atom. The van der Waals surface area contributed by atoms with Gasteiger partial charge in [0.25, 0.3) is 0 Å². The third-order valence-corrected chi connectivity index (χ3v) is 2.60. The van der Waals surface area contributed by atoms with E-state index in [1.54, 1.807) is 12.1 Å². The molecule has 7 heteroatoms. The third kappa shape index (κ3) is 4.31. The lowest BCUT2D eigenvalue weighted by atomic mass is 10.1. The van der Waals surface area contributed by atoms with Crippen molar-refractivity contribution in [2.45, 2.75) is 19.9 Å². The normalized spacial score (nSPS) is 9.90. The molecule has 0 radical (unpaired) electrons. The van der Waals surface area contributed by atoms with Crippen molar-refractivity contribution in [1.29, 1.82) is 5.26 Å².